The van der Waals surface area contributed by atoms with Gasteiger partial charge in [0, 0.05) is 0 Å². The fourth-order valence-corrected chi connectivity index (χ4v) is 4.09. The Kier molecular flexibility index (Phi) is 5.25. The molecule has 0 nitrogen and oxygen atoms in total. The molecule has 31 heavy (non-hydrogen) atoms. The Morgan fingerprint density at radius 1 is 0.355 bits per heavy atom. The lowest BCUT2D eigenvalue weighted by atomic mass is 9.84. The Hall–Kier alpha value is -3.84. The van der Waals surface area contributed by atoms with Gasteiger partial charge in [-0.2, -0.15) is 0 Å². The monoisotopic (exact) mass is 392 g/mol. The molecule has 0 aliphatic rings. The maximum absolute atomic E-state index is 5.95. The molecule has 5 rings (SSSR count). The Morgan fingerprint density at radius 2 is 0.774 bits per heavy atom. The molecule has 1 heteroatoms. The van der Waals surface area contributed by atoms with Crippen LogP contribution in [-0.4, -0.2) is 7.85 Å². The summed E-state index contributed by atoms with van der Waals surface area (Å²) in [6, 6.07) is 44.6. The molecule has 0 amide bonds. The van der Waals surface area contributed by atoms with Crippen molar-refractivity contribution in [2.45, 2.75) is 0 Å². The molecule has 0 N–H and O–H groups in total. The van der Waals surface area contributed by atoms with E-state index in [1.165, 1.54) is 38.9 Å². The number of rotatable bonds is 4. The third-order valence-corrected chi connectivity index (χ3v) is 5.61. The van der Waals surface area contributed by atoms with Crippen molar-refractivity contribution in [2.24, 2.45) is 0 Å². The first-order chi connectivity index (χ1) is 15.3. The minimum atomic E-state index is 0.774. The highest BCUT2D eigenvalue weighted by Crippen LogP contribution is 2.43. The summed E-state index contributed by atoms with van der Waals surface area (Å²) in [6.45, 7) is 0. The van der Waals surface area contributed by atoms with E-state index in [1.54, 1.807) is 0 Å². The lowest BCUT2D eigenvalue weighted by Crippen LogP contribution is -1.99. The van der Waals surface area contributed by atoms with E-state index in [2.05, 4.69) is 115 Å². The Bertz CT molecular complexity index is 1230. The van der Waals surface area contributed by atoms with Gasteiger partial charge in [-0.15, -0.1) is 0 Å². The molecule has 0 bridgehead atoms. The largest absolute Gasteiger partial charge is 0.113 e. The molecule has 0 saturated heterocycles. The van der Waals surface area contributed by atoms with Crippen LogP contribution in [0.4, 0.5) is 0 Å². The molecule has 2 radical (unpaired) electrons. The summed E-state index contributed by atoms with van der Waals surface area (Å²) in [6.07, 6.45) is 0. The summed E-state index contributed by atoms with van der Waals surface area (Å²) in [7, 11) is 5.95. The van der Waals surface area contributed by atoms with Crippen LogP contribution in [0.2, 0.25) is 0 Å². The predicted molar refractivity (Wildman–Crippen MR) is 134 cm³/mol. The normalized spacial score (nSPS) is 10.7. The second-order valence-corrected chi connectivity index (χ2v) is 7.67. The van der Waals surface area contributed by atoms with Crippen LogP contribution in [0, 0.1) is 0 Å². The first-order valence-electron chi connectivity index (χ1n) is 10.5. The highest BCUT2D eigenvalue weighted by atomic mass is 14.2. The van der Waals surface area contributed by atoms with E-state index < -0.39 is 0 Å². The van der Waals surface area contributed by atoms with Gasteiger partial charge in [-0.05, 0) is 56.6 Å². The Labute approximate surface area is 185 Å². The number of hydrogen-bond acceptors (Lipinski definition) is 0. The first-order valence-corrected chi connectivity index (χ1v) is 10.5. The zero-order valence-corrected chi connectivity index (χ0v) is 17.2. The van der Waals surface area contributed by atoms with E-state index in [-0.39, 0.29) is 0 Å². The Morgan fingerprint density at radius 3 is 1.23 bits per heavy atom. The molecule has 144 valence electrons. The van der Waals surface area contributed by atoms with E-state index >= 15 is 0 Å². The molecule has 0 aliphatic carbocycles. The highest BCUT2D eigenvalue weighted by Gasteiger charge is 2.16. The molecule has 0 aromatic heterocycles. The molecule has 0 unspecified atom stereocenters. The summed E-state index contributed by atoms with van der Waals surface area (Å²) in [5, 5.41) is 0. The zero-order chi connectivity index (χ0) is 21.0. The summed E-state index contributed by atoms with van der Waals surface area (Å²) >= 11 is 0. The van der Waals surface area contributed by atoms with Gasteiger partial charge in [0.2, 0.25) is 0 Å². The van der Waals surface area contributed by atoms with Crippen molar-refractivity contribution < 1.29 is 0 Å². The smallest absolute Gasteiger partial charge is 0.0966 e. The van der Waals surface area contributed by atoms with Crippen molar-refractivity contribution in [3.05, 3.63) is 127 Å². The van der Waals surface area contributed by atoms with E-state index in [0.717, 1.165) is 11.0 Å². The molecule has 0 heterocycles. The van der Waals surface area contributed by atoms with Gasteiger partial charge >= 0.3 is 0 Å². The topological polar surface area (TPSA) is 0 Å². The van der Waals surface area contributed by atoms with Crippen molar-refractivity contribution in [3.8, 4) is 44.5 Å². The second kappa shape index (κ2) is 8.49. The molecule has 5 aromatic carbocycles. The maximum atomic E-state index is 5.95. The standard InChI is InChI=1S/C30H21B/c31-27-18-16-22(17-19-27)26-20-28(23-10-4-1-5-11-23)30(25-14-8-3-9-15-25)29(21-26)24-12-6-2-7-13-24/h1-21H. The average Bonchev–Trinajstić information content (AvgIpc) is 2.85. The lowest BCUT2D eigenvalue weighted by Gasteiger charge is -2.19. The third kappa shape index (κ3) is 3.95. The predicted octanol–water partition coefficient (Wildman–Crippen LogP) is 7.15. The summed E-state index contributed by atoms with van der Waals surface area (Å²) in [4.78, 5) is 0. The van der Waals surface area contributed by atoms with E-state index in [4.69, 9.17) is 7.85 Å². The van der Waals surface area contributed by atoms with Crippen LogP contribution >= 0.6 is 0 Å². The number of benzene rings is 5. The van der Waals surface area contributed by atoms with Crippen LogP contribution in [0.3, 0.4) is 0 Å². The highest BCUT2D eigenvalue weighted by molar-refractivity contribution is 6.32. The third-order valence-electron chi connectivity index (χ3n) is 5.61. The van der Waals surface area contributed by atoms with Crippen LogP contribution in [0.5, 0.6) is 0 Å². The van der Waals surface area contributed by atoms with Gasteiger partial charge < -0.3 is 0 Å². The maximum Gasteiger partial charge on any atom is 0.113 e. The zero-order valence-electron chi connectivity index (χ0n) is 17.2. The minimum absolute atomic E-state index is 0.774. The van der Waals surface area contributed by atoms with E-state index in [0.29, 0.717) is 0 Å². The van der Waals surface area contributed by atoms with Crippen molar-refractivity contribution >= 4 is 13.3 Å². The summed E-state index contributed by atoms with van der Waals surface area (Å²) < 4.78 is 0. The van der Waals surface area contributed by atoms with Crippen molar-refractivity contribution in [3.63, 3.8) is 0 Å². The van der Waals surface area contributed by atoms with Gasteiger partial charge in [-0.3, -0.25) is 0 Å². The van der Waals surface area contributed by atoms with Crippen LogP contribution in [0.25, 0.3) is 44.5 Å². The van der Waals surface area contributed by atoms with Crippen molar-refractivity contribution in [1.82, 2.24) is 0 Å². The first kappa shape index (κ1) is 19.1. The molecule has 0 atom stereocenters. The molecular weight excluding hydrogens is 371 g/mol. The SMILES string of the molecule is [B]c1ccc(-c2cc(-c3ccccc3)c(-c3ccccc3)c(-c3ccccc3)c2)cc1. The molecule has 5 aromatic rings. The Balaban J connectivity index is 1.86. The average molecular weight is 392 g/mol. The molecule has 0 fully saturated rings. The van der Waals surface area contributed by atoms with Gasteiger partial charge in [-0.25, -0.2) is 0 Å². The molecule has 0 saturated carbocycles. The molecule has 0 aliphatic heterocycles. The number of hydrogen-bond donors (Lipinski definition) is 0. The fraction of sp³-hybridized carbons (Fsp3) is 0. The quantitative estimate of drug-likeness (QED) is 0.285. The molecular formula is C30H21B. The van der Waals surface area contributed by atoms with Crippen LogP contribution < -0.4 is 5.46 Å². The lowest BCUT2D eigenvalue weighted by molar-refractivity contribution is 1.55. The van der Waals surface area contributed by atoms with Crippen molar-refractivity contribution in [1.29, 1.82) is 0 Å². The van der Waals surface area contributed by atoms with E-state index in [9.17, 15) is 0 Å². The van der Waals surface area contributed by atoms with Crippen LogP contribution in [-0.2, 0) is 0 Å². The minimum Gasteiger partial charge on any atom is -0.0966 e. The molecule has 0 spiro atoms. The van der Waals surface area contributed by atoms with E-state index in [1.807, 2.05) is 12.1 Å². The summed E-state index contributed by atoms with van der Waals surface area (Å²) in [5.74, 6) is 0. The van der Waals surface area contributed by atoms with Crippen LogP contribution in [0.1, 0.15) is 0 Å². The van der Waals surface area contributed by atoms with Gasteiger partial charge in [0.15, 0.2) is 0 Å². The second-order valence-electron chi connectivity index (χ2n) is 7.67. The van der Waals surface area contributed by atoms with Gasteiger partial charge in [0.25, 0.3) is 0 Å². The van der Waals surface area contributed by atoms with Crippen LogP contribution in [0.15, 0.2) is 127 Å². The fourth-order valence-electron chi connectivity index (χ4n) is 4.09. The summed E-state index contributed by atoms with van der Waals surface area (Å²) in [5.41, 5.74) is 10.4. The van der Waals surface area contributed by atoms with Gasteiger partial charge in [0.05, 0.1) is 0 Å². The van der Waals surface area contributed by atoms with Crippen molar-refractivity contribution in [2.75, 3.05) is 0 Å². The van der Waals surface area contributed by atoms with Gasteiger partial charge in [-0.1, -0.05) is 121 Å². The van der Waals surface area contributed by atoms with Gasteiger partial charge in [0.1, 0.15) is 7.85 Å².